The van der Waals surface area contributed by atoms with Gasteiger partial charge in [0.25, 0.3) is 0 Å². The average molecular weight is 270 g/mol. The molecule has 0 unspecified atom stereocenters. The summed E-state index contributed by atoms with van der Waals surface area (Å²) in [5.74, 6) is -1.40. The normalized spacial score (nSPS) is 22.9. The third kappa shape index (κ3) is 3.66. The Morgan fingerprint density at radius 3 is 2.21 bits per heavy atom. The van der Waals surface area contributed by atoms with Crippen LogP contribution in [0.1, 0.15) is 25.7 Å². The van der Waals surface area contributed by atoms with Crippen LogP contribution in [-0.2, 0) is 9.53 Å². The molecule has 104 valence electrons. The molecule has 0 spiro atoms. The summed E-state index contributed by atoms with van der Waals surface area (Å²) < 4.78 is 36.3. The molecule has 0 atom stereocenters. The average Bonchev–Trinajstić information content (AvgIpc) is 2.37. The standard InChI is InChI=1S/C14H16F2O3/c1-18-14(17)9-2-4-12(5-3-9)19-13-7-10(15)6-11(16)8-13/h6-9,12H,2-5H2,1H3. The monoisotopic (exact) mass is 270 g/mol. The minimum Gasteiger partial charge on any atom is -0.490 e. The molecule has 1 fully saturated rings. The van der Waals surface area contributed by atoms with Gasteiger partial charge < -0.3 is 9.47 Å². The molecular formula is C14H16F2O3. The van der Waals surface area contributed by atoms with Crippen molar-refractivity contribution in [3.8, 4) is 5.75 Å². The van der Waals surface area contributed by atoms with Gasteiger partial charge in [0.1, 0.15) is 17.4 Å². The molecule has 0 aliphatic heterocycles. The summed E-state index contributed by atoms with van der Waals surface area (Å²) in [5, 5.41) is 0. The minimum absolute atomic E-state index is 0.0888. The van der Waals surface area contributed by atoms with Gasteiger partial charge >= 0.3 is 5.97 Å². The number of esters is 1. The number of rotatable bonds is 3. The highest BCUT2D eigenvalue weighted by molar-refractivity contribution is 5.72. The van der Waals surface area contributed by atoms with E-state index >= 15 is 0 Å². The molecule has 0 heterocycles. The summed E-state index contributed by atoms with van der Waals surface area (Å²) >= 11 is 0. The number of hydrogen-bond acceptors (Lipinski definition) is 3. The van der Waals surface area contributed by atoms with Gasteiger partial charge in [-0.2, -0.15) is 0 Å². The maximum Gasteiger partial charge on any atom is 0.308 e. The maximum atomic E-state index is 13.0. The van der Waals surface area contributed by atoms with Crippen LogP contribution in [0.5, 0.6) is 5.75 Å². The van der Waals surface area contributed by atoms with Crippen molar-refractivity contribution in [2.75, 3.05) is 7.11 Å². The first-order valence-corrected chi connectivity index (χ1v) is 6.29. The molecule has 0 radical (unpaired) electrons. The van der Waals surface area contributed by atoms with Crippen LogP contribution in [0.2, 0.25) is 0 Å². The molecule has 1 aliphatic rings. The van der Waals surface area contributed by atoms with Crippen molar-refractivity contribution < 1.29 is 23.0 Å². The fourth-order valence-corrected chi connectivity index (χ4v) is 2.37. The van der Waals surface area contributed by atoms with Crippen LogP contribution in [0.4, 0.5) is 8.78 Å². The van der Waals surface area contributed by atoms with Gasteiger partial charge in [0, 0.05) is 18.2 Å². The molecule has 0 saturated heterocycles. The molecule has 0 N–H and O–H groups in total. The summed E-state index contributed by atoms with van der Waals surface area (Å²) in [7, 11) is 1.38. The number of carbonyl (C=O) groups excluding carboxylic acids is 1. The first-order chi connectivity index (χ1) is 9.08. The van der Waals surface area contributed by atoms with Crippen molar-refractivity contribution >= 4 is 5.97 Å². The van der Waals surface area contributed by atoms with Crippen molar-refractivity contribution in [3.63, 3.8) is 0 Å². The molecule has 0 amide bonds. The zero-order valence-electron chi connectivity index (χ0n) is 10.7. The summed E-state index contributed by atoms with van der Waals surface area (Å²) in [6.45, 7) is 0. The third-order valence-electron chi connectivity index (χ3n) is 3.35. The lowest BCUT2D eigenvalue weighted by atomic mass is 9.87. The number of halogens is 2. The van der Waals surface area contributed by atoms with E-state index in [1.807, 2.05) is 0 Å². The van der Waals surface area contributed by atoms with Crippen LogP contribution in [0.3, 0.4) is 0 Å². The van der Waals surface area contributed by atoms with E-state index < -0.39 is 11.6 Å². The smallest absolute Gasteiger partial charge is 0.308 e. The Bertz CT molecular complexity index is 434. The van der Waals surface area contributed by atoms with Crippen molar-refractivity contribution in [1.29, 1.82) is 0 Å². The lowest BCUT2D eigenvalue weighted by Crippen LogP contribution is -2.28. The number of carbonyl (C=O) groups is 1. The Labute approximate surface area is 110 Å². The van der Waals surface area contributed by atoms with Crippen LogP contribution in [-0.4, -0.2) is 19.2 Å². The van der Waals surface area contributed by atoms with E-state index in [0.29, 0.717) is 25.7 Å². The lowest BCUT2D eigenvalue weighted by molar-refractivity contribution is -0.147. The molecule has 1 saturated carbocycles. The quantitative estimate of drug-likeness (QED) is 0.792. The van der Waals surface area contributed by atoms with Gasteiger partial charge in [0.2, 0.25) is 0 Å². The molecule has 1 aliphatic carbocycles. The summed E-state index contributed by atoms with van der Waals surface area (Å²) in [6, 6.07) is 3.13. The molecule has 19 heavy (non-hydrogen) atoms. The molecular weight excluding hydrogens is 254 g/mol. The molecule has 0 aromatic heterocycles. The fraction of sp³-hybridized carbons (Fsp3) is 0.500. The lowest BCUT2D eigenvalue weighted by Gasteiger charge is -2.27. The Kier molecular flexibility index (Phi) is 4.35. The van der Waals surface area contributed by atoms with E-state index in [2.05, 4.69) is 0 Å². The first kappa shape index (κ1) is 13.8. The van der Waals surface area contributed by atoms with Crippen molar-refractivity contribution in [1.82, 2.24) is 0 Å². The van der Waals surface area contributed by atoms with Gasteiger partial charge in [-0.05, 0) is 25.7 Å². The zero-order chi connectivity index (χ0) is 13.8. The largest absolute Gasteiger partial charge is 0.490 e. The predicted octanol–water partition coefficient (Wildman–Crippen LogP) is 3.08. The van der Waals surface area contributed by atoms with E-state index in [0.717, 1.165) is 18.2 Å². The third-order valence-corrected chi connectivity index (χ3v) is 3.35. The van der Waals surface area contributed by atoms with Gasteiger partial charge in [-0.1, -0.05) is 0 Å². The van der Waals surface area contributed by atoms with E-state index in [9.17, 15) is 13.6 Å². The minimum atomic E-state index is -0.654. The predicted molar refractivity (Wildman–Crippen MR) is 64.7 cm³/mol. The van der Waals surface area contributed by atoms with E-state index in [4.69, 9.17) is 9.47 Å². The molecule has 1 aromatic carbocycles. The highest BCUT2D eigenvalue weighted by atomic mass is 19.1. The second-order valence-corrected chi connectivity index (χ2v) is 4.72. The van der Waals surface area contributed by atoms with Gasteiger partial charge in [-0.3, -0.25) is 4.79 Å². The summed E-state index contributed by atoms with van der Waals surface area (Å²) in [6.07, 6.45) is 2.60. The molecule has 1 aromatic rings. The molecule has 3 nitrogen and oxygen atoms in total. The van der Waals surface area contributed by atoms with Gasteiger partial charge in [-0.25, -0.2) is 8.78 Å². The second kappa shape index (κ2) is 5.99. The van der Waals surface area contributed by atoms with Gasteiger partial charge in [0.15, 0.2) is 0 Å². The van der Waals surface area contributed by atoms with Crippen LogP contribution >= 0.6 is 0 Å². The molecule has 0 bridgehead atoms. The molecule has 5 heteroatoms. The van der Waals surface area contributed by atoms with Crippen LogP contribution < -0.4 is 4.74 Å². The fourth-order valence-electron chi connectivity index (χ4n) is 2.37. The van der Waals surface area contributed by atoms with Crippen molar-refractivity contribution in [2.24, 2.45) is 5.92 Å². The van der Waals surface area contributed by atoms with Gasteiger partial charge in [-0.15, -0.1) is 0 Å². The van der Waals surface area contributed by atoms with Crippen molar-refractivity contribution in [2.45, 2.75) is 31.8 Å². The Balaban J connectivity index is 1.90. The van der Waals surface area contributed by atoms with Gasteiger partial charge in [0.05, 0.1) is 19.1 Å². The van der Waals surface area contributed by atoms with E-state index in [-0.39, 0.29) is 23.7 Å². The SMILES string of the molecule is COC(=O)C1CCC(Oc2cc(F)cc(F)c2)CC1. The number of hydrogen-bond donors (Lipinski definition) is 0. The first-order valence-electron chi connectivity index (χ1n) is 6.29. The Morgan fingerprint density at radius 2 is 1.68 bits per heavy atom. The Morgan fingerprint density at radius 1 is 1.11 bits per heavy atom. The summed E-state index contributed by atoms with van der Waals surface area (Å²) in [5.41, 5.74) is 0. The zero-order valence-corrected chi connectivity index (χ0v) is 10.7. The summed E-state index contributed by atoms with van der Waals surface area (Å²) in [4.78, 5) is 11.4. The second-order valence-electron chi connectivity index (χ2n) is 4.72. The highest BCUT2D eigenvalue weighted by Gasteiger charge is 2.27. The maximum absolute atomic E-state index is 13.0. The topological polar surface area (TPSA) is 35.5 Å². The van der Waals surface area contributed by atoms with Crippen LogP contribution in [0.15, 0.2) is 18.2 Å². The van der Waals surface area contributed by atoms with Crippen LogP contribution in [0, 0.1) is 17.6 Å². The van der Waals surface area contributed by atoms with E-state index in [1.54, 1.807) is 0 Å². The number of benzene rings is 1. The van der Waals surface area contributed by atoms with Crippen LogP contribution in [0.25, 0.3) is 0 Å². The highest BCUT2D eigenvalue weighted by Crippen LogP contribution is 2.28. The number of ether oxygens (including phenoxy) is 2. The number of methoxy groups -OCH3 is 1. The van der Waals surface area contributed by atoms with E-state index in [1.165, 1.54) is 7.11 Å². The van der Waals surface area contributed by atoms with Crippen molar-refractivity contribution in [3.05, 3.63) is 29.8 Å². The molecule has 2 rings (SSSR count). The Hall–Kier alpha value is -1.65.